The number of likely N-dealkylation sites (tertiary alicyclic amines) is 1. The number of aromatic nitrogens is 2. The number of benzene rings is 2. The second-order valence-electron chi connectivity index (χ2n) is 15.0. The molecule has 0 unspecified atom stereocenters. The smallest absolute Gasteiger partial charge is 0.419 e. The van der Waals surface area contributed by atoms with Crippen molar-refractivity contribution >= 4 is 29.3 Å². The topological polar surface area (TPSA) is 162 Å². The Balaban J connectivity index is 1.15. The summed E-state index contributed by atoms with van der Waals surface area (Å²) in [6, 6.07) is 17.5. The number of hydrogen-bond acceptors (Lipinski definition) is 10. The number of alkyl halides is 3. The Morgan fingerprint density at radius 3 is 2.59 bits per heavy atom. The van der Waals surface area contributed by atoms with Crippen molar-refractivity contribution in [2.45, 2.75) is 82.3 Å². The van der Waals surface area contributed by atoms with Crippen molar-refractivity contribution < 1.29 is 37.3 Å². The lowest BCUT2D eigenvalue weighted by molar-refractivity contribution is -0.149. The first-order valence-corrected chi connectivity index (χ1v) is 19.5. The number of hydrogen-bond donors (Lipinski definition) is 4. The maximum atomic E-state index is 14.7. The zero-order valence-electron chi connectivity index (χ0n) is 32.0. The molecule has 0 radical (unpaired) electrons. The van der Waals surface area contributed by atoms with E-state index in [0.29, 0.717) is 68.0 Å². The number of nitriles is 1. The lowest BCUT2D eigenvalue weighted by Gasteiger charge is -2.31. The number of halogens is 4. The Bertz CT molecular complexity index is 2270. The summed E-state index contributed by atoms with van der Waals surface area (Å²) in [6.07, 6.45) is -1.46. The van der Waals surface area contributed by atoms with E-state index in [4.69, 9.17) is 26.1 Å². The van der Waals surface area contributed by atoms with Crippen LogP contribution in [0.3, 0.4) is 0 Å². The zero-order valence-corrected chi connectivity index (χ0v) is 32.8. The molecule has 2 saturated heterocycles. The fourth-order valence-electron chi connectivity index (χ4n) is 8.22. The molecule has 0 bridgehead atoms. The van der Waals surface area contributed by atoms with Gasteiger partial charge in [0.15, 0.2) is 6.61 Å². The lowest BCUT2D eigenvalue weighted by Crippen LogP contribution is -2.47. The van der Waals surface area contributed by atoms with Gasteiger partial charge in [-0.05, 0) is 74.4 Å². The molecule has 58 heavy (non-hydrogen) atoms. The molecule has 1 amide bonds. The molecule has 2 fully saturated rings. The van der Waals surface area contributed by atoms with Gasteiger partial charge < -0.3 is 30.5 Å². The van der Waals surface area contributed by atoms with Crippen LogP contribution in [-0.2, 0) is 35.3 Å². The Hall–Kier alpha value is -5.43. The first-order chi connectivity index (χ1) is 27.8. The molecule has 7 rings (SSSR count). The van der Waals surface area contributed by atoms with Crippen LogP contribution in [0.1, 0.15) is 72.9 Å². The lowest BCUT2D eigenvalue weighted by atomic mass is 9.94. The van der Waals surface area contributed by atoms with Gasteiger partial charge in [0.2, 0.25) is 17.7 Å². The quantitative estimate of drug-likeness (QED) is 0.101. The summed E-state index contributed by atoms with van der Waals surface area (Å²) in [5, 5.41) is 28.9. The van der Waals surface area contributed by atoms with E-state index in [1.807, 2.05) is 54.6 Å². The molecule has 12 nitrogen and oxygen atoms in total. The summed E-state index contributed by atoms with van der Waals surface area (Å²) in [7, 11) is 1.33. The first-order valence-electron chi connectivity index (χ1n) is 19.1. The molecule has 16 heteroatoms. The average molecular weight is 818 g/mol. The van der Waals surface area contributed by atoms with Gasteiger partial charge in [-0.25, -0.2) is 4.98 Å². The Kier molecular flexibility index (Phi) is 11.8. The van der Waals surface area contributed by atoms with E-state index >= 15 is 0 Å². The standard InChI is InChI=1S/C42H43ClF3N7O5/c1-41(40(55)56)16-5-18-53(41)23-25-20-32(42(44,45)46)37(52-38(25)57-2)50-33-14-12-28-27(6-3-7-29(28)33)30-8-4-9-31(36(30)43)34-13-10-24(39(51-34)58-19-17-47)21-48-22-26-11-15-35(54)49-26/h3-4,6-10,13,20,26,33,48H,5,11-12,14-16,18-19,21-23H2,1-2H3,(H,49,54)(H,50,52)(H,55,56)/t26-,33-,41+/m0/s1. The van der Waals surface area contributed by atoms with Crippen LogP contribution in [0.5, 0.6) is 11.8 Å². The van der Waals surface area contributed by atoms with Crippen molar-refractivity contribution in [2.24, 2.45) is 0 Å². The third kappa shape index (κ3) is 8.27. The van der Waals surface area contributed by atoms with Crippen molar-refractivity contribution in [1.29, 1.82) is 5.26 Å². The van der Waals surface area contributed by atoms with Gasteiger partial charge in [0.1, 0.15) is 17.4 Å². The summed E-state index contributed by atoms with van der Waals surface area (Å²) >= 11 is 7.14. The average Bonchev–Trinajstić information content (AvgIpc) is 3.92. The number of ether oxygens (including phenoxy) is 2. The van der Waals surface area contributed by atoms with Crippen molar-refractivity contribution in [3.05, 3.63) is 87.4 Å². The van der Waals surface area contributed by atoms with Crippen LogP contribution < -0.4 is 25.4 Å². The number of nitrogens with zero attached hydrogens (tertiary/aromatic N) is 4. The molecule has 2 aromatic heterocycles. The summed E-state index contributed by atoms with van der Waals surface area (Å²) in [6.45, 7) is 2.71. The number of aliphatic carboxylic acids is 1. The summed E-state index contributed by atoms with van der Waals surface area (Å²) in [4.78, 5) is 34.4. The molecule has 0 saturated carbocycles. The van der Waals surface area contributed by atoms with Crippen molar-refractivity contribution in [3.8, 4) is 40.2 Å². The van der Waals surface area contributed by atoms with Gasteiger partial charge in [-0.15, -0.1) is 0 Å². The minimum Gasteiger partial charge on any atom is -0.481 e. The van der Waals surface area contributed by atoms with E-state index in [0.717, 1.165) is 40.3 Å². The highest BCUT2D eigenvalue weighted by atomic mass is 35.5. The molecule has 304 valence electrons. The molecule has 0 spiro atoms. The number of carbonyl (C=O) groups is 2. The normalized spacial score (nSPS) is 20.4. The van der Waals surface area contributed by atoms with Gasteiger partial charge >= 0.3 is 12.1 Å². The molecule has 3 aliphatic rings. The van der Waals surface area contributed by atoms with Crippen molar-refractivity contribution in [3.63, 3.8) is 0 Å². The molecule has 4 aromatic rings. The van der Waals surface area contributed by atoms with Gasteiger partial charge in [0, 0.05) is 54.4 Å². The predicted octanol–water partition coefficient (Wildman–Crippen LogP) is 7.30. The predicted molar refractivity (Wildman–Crippen MR) is 210 cm³/mol. The number of anilines is 1. The van der Waals surface area contributed by atoms with Crippen LogP contribution in [0.25, 0.3) is 22.4 Å². The molecular weight excluding hydrogens is 775 g/mol. The molecule has 4 N–H and O–H groups in total. The maximum absolute atomic E-state index is 14.7. The van der Waals surface area contributed by atoms with Crippen LogP contribution in [0, 0.1) is 11.3 Å². The second kappa shape index (κ2) is 16.8. The van der Waals surface area contributed by atoms with E-state index in [9.17, 15) is 33.1 Å². The molecule has 2 aromatic carbocycles. The second-order valence-corrected chi connectivity index (χ2v) is 15.4. The van der Waals surface area contributed by atoms with Crippen LogP contribution in [0.4, 0.5) is 19.0 Å². The minimum absolute atomic E-state index is 0.0103. The number of carboxylic acid groups (broad SMARTS) is 1. The number of rotatable bonds is 14. The molecular formula is C42H43ClF3N7O5. The van der Waals surface area contributed by atoms with Crippen molar-refractivity contribution in [1.82, 2.24) is 25.5 Å². The largest absolute Gasteiger partial charge is 0.481 e. The third-order valence-corrected chi connectivity index (χ3v) is 11.7. The monoisotopic (exact) mass is 817 g/mol. The van der Waals surface area contributed by atoms with E-state index in [2.05, 4.69) is 20.9 Å². The van der Waals surface area contributed by atoms with E-state index in [-0.39, 0.29) is 48.2 Å². The highest BCUT2D eigenvalue weighted by Gasteiger charge is 2.44. The zero-order chi connectivity index (χ0) is 41.2. The van der Waals surface area contributed by atoms with Crippen LogP contribution >= 0.6 is 11.6 Å². The summed E-state index contributed by atoms with van der Waals surface area (Å²) in [5.41, 5.74) is 3.17. The highest BCUT2D eigenvalue weighted by molar-refractivity contribution is 6.36. The number of carboxylic acids is 1. The molecule has 2 aliphatic heterocycles. The van der Waals surface area contributed by atoms with Crippen LogP contribution in [-0.4, -0.2) is 70.2 Å². The maximum Gasteiger partial charge on any atom is 0.419 e. The SMILES string of the molecule is COc1nc(N[C@H]2CCc3c(-c4cccc(-c5ccc(CNC[C@@H]6CCC(=O)N6)c(OCC#N)n5)c4Cl)cccc32)c(C(F)(F)F)cc1CN1CCC[C@]1(C)C(=O)O. The number of amides is 1. The number of pyridine rings is 2. The molecule has 3 atom stereocenters. The summed E-state index contributed by atoms with van der Waals surface area (Å²) < 4.78 is 55.3. The molecule has 4 heterocycles. The van der Waals surface area contributed by atoms with Gasteiger partial charge in [-0.3, -0.25) is 14.5 Å². The fourth-order valence-corrected chi connectivity index (χ4v) is 8.55. The number of fused-ring (bicyclic) bond motifs is 1. The van der Waals surface area contributed by atoms with E-state index in [1.54, 1.807) is 11.8 Å². The number of methoxy groups -OCH3 is 1. The van der Waals surface area contributed by atoms with Gasteiger partial charge in [0.05, 0.1) is 29.4 Å². The molecule has 1 aliphatic carbocycles. The minimum atomic E-state index is -4.76. The van der Waals surface area contributed by atoms with Crippen molar-refractivity contribution in [2.75, 3.05) is 32.1 Å². The first kappa shape index (κ1) is 40.8. The Morgan fingerprint density at radius 1 is 1.09 bits per heavy atom. The van der Waals surface area contributed by atoms with Gasteiger partial charge in [0.25, 0.3) is 0 Å². The van der Waals surface area contributed by atoms with E-state index < -0.39 is 29.3 Å². The van der Waals surface area contributed by atoms with E-state index in [1.165, 1.54) is 7.11 Å². The highest BCUT2D eigenvalue weighted by Crippen LogP contribution is 2.45. The summed E-state index contributed by atoms with van der Waals surface area (Å²) in [5.74, 6) is -1.09. The Labute approximate surface area is 338 Å². The number of nitrogens with one attached hydrogen (secondary N) is 3. The van der Waals surface area contributed by atoms with Gasteiger partial charge in [-0.1, -0.05) is 54.1 Å². The number of carbonyl (C=O) groups excluding carboxylic acids is 1. The Morgan fingerprint density at radius 2 is 1.86 bits per heavy atom. The fraction of sp³-hybridized carbons (Fsp3) is 0.405. The van der Waals surface area contributed by atoms with Crippen LogP contribution in [0.15, 0.2) is 54.6 Å². The van der Waals surface area contributed by atoms with Gasteiger partial charge in [-0.2, -0.15) is 23.4 Å². The van der Waals surface area contributed by atoms with Crippen LogP contribution in [0.2, 0.25) is 5.02 Å². The third-order valence-electron chi connectivity index (χ3n) is 11.3.